The van der Waals surface area contributed by atoms with Crippen molar-refractivity contribution in [1.29, 1.82) is 0 Å². The van der Waals surface area contributed by atoms with Crippen LogP contribution in [0.25, 0.3) is 0 Å². The molecular formula is C20H21ClFNO6. The summed E-state index contributed by atoms with van der Waals surface area (Å²) in [6, 6.07) is 0.977. The number of phenolic OH excluding ortho intramolecular Hbond substituents is 2. The minimum Gasteiger partial charge on any atom is -0.507 e. The fraction of sp³-hybridized carbons (Fsp3) is 0.400. The molecule has 0 bridgehead atoms. The smallest absolute Gasteiger partial charge is 0.342 e. The van der Waals surface area contributed by atoms with E-state index in [0.29, 0.717) is 12.1 Å². The fourth-order valence-corrected chi connectivity index (χ4v) is 3.23. The van der Waals surface area contributed by atoms with Gasteiger partial charge in [-0.3, -0.25) is 0 Å². The number of oxime groups is 1. The molecule has 0 unspecified atom stereocenters. The average molecular weight is 425 g/mol. The molecule has 0 radical (unpaired) electrons. The fourth-order valence-electron chi connectivity index (χ4n) is 3.02. The molecule has 2 aliphatic heterocycles. The van der Waals surface area contributed by atoms with Crippen LogP contribution in [0.5, 0.6) is 11.5 Å². The molecule has 7 nitrogen and oxygen atoms in total. The number of carbonyl (C=O) groups excluding carboxylic acids is 1. The molecule has 0 aromatic heterocycles. The standard InChI is InChI=1S/C20H21ClFNO6/c1-11-8-17-16(29-17)5-3-2-4-12(23-27-7-6-22)9-13-18(20(26)28-11)14(24)10-15(25)19(13)21/h2-5,10-11,16-17,24-25H,6-9H2,1H3/b4-2+,5-3-,23-12+/t11-,16-,17+/m1/s1/i22-1. The van der Waals surface area contributed by atoms with Crippen LogP contribution in [-0.4, -0.2) is 53.5 Å². The number of hydrogen-bond donors (Lipinski definition) is 2. The molecule has 0 spiro atoms. The second-order valence-electron chi connectivity index (χ2n) is 6.70. The normalized spacial score (nSPS) is 27.9. The highest BCUT2D eigenvalue weighted by atomic mass is 35.5. The molecule has 1 aromatic carbocycles. The first kappa shape index (κ1) is 21.1. The molecule has 1 aromatic rings. The van der Waals surface area contributed by atoms with E-state index in [1.165, 1.54) is 0 Å². The highest BCUT2D eigenvalue weighted by Gasteiger charge is 2.38. The van der Waals surface area contributed by atoms with Gasteiger partial charge in [0.25, 0.3) is 0 Å². The van der Waals surface area contributed by atoms with Crippen LogP contribution in [0.3, 0.4) is 0 Å². The summed E-state index contributed by atoms with van der Waals surface area (Å²) >= 11 is 6.21. The van der Waals surface area contributed by atoms with Crippen molar-refractivity contribution >= 4 is 23.3 Å². The zero-order valence-corrected chi connectivity index (χ0v) is 16.4. The number of nitrogens with zero attached hydrogens (tertiary/aromatic N) is 1. The Balaban J connectivity index is 2.03. The number of epoxide rings is 1. The zero-order valence-electron chi connectivity index (χ0n) is 15.7. The second-order valence-corrected chi connectivity index (χ2v) is 7.08. The highest BCUT2D eigenvalue weighted by Crippen LogP contribution is 2.38. The summed E-state index contributed by atoms with van der Waals surface area (Å²) in [6.45, 7) is 0.767. The minimum atomic E-state index is -0.787. The quantitative estimate of drug-likeness (QED) is 0.333. The van der Waals surface area contributed by atoms with Crippen molar-refractivity contribution in [3.63, 3.8) is 0 Å². The lowest BCUT2D eigenvalue weighted by molar-refractivity contribution is 0.0306. The summed E-state index contributed by atoms with van der Waals surface area (Å²) in [5, 5.41) is 24.0. The largest absolute Gasteiger partial charge is 0.507 e. The van der Waals surface area contributed by atoms with Gasteiger partial charge in [-0.1, -0.05) is 35.0 Å². The number of ether oxygens (including phenoxy) is 2. The lowest BCUT2D eigenvalue weighted by Crippen LogP contribution is -2.20. The summed E-state index contributed by atoms with van der Waals surface area (Å²) in [5.74, 6) is -1.66. The van der Waals surface area contributed by atoms with Crippen molar-refractivity contribution in [2.45, 2.75) is 38.1 Å². The first-order valence-electron chi connectivity index (χ1n) is 9.10. The van der Waals surface area contributed by atoms with Gasteiger partial charge in [-0.25, -0.2) is 9.18 Å². The van der Waals surface area contributed by atoms with Crippen LogP contribution >= 0.6 is 11.6 Å². The highest BCUT2D eigenvalue weighted by molar-refractivity contribution is 6.33. The Morgan fingerprint density at radius 2 is 2.14 bits per heavy atom. The van der Waals surface area contributed by atoms with E-state index in [-0.39, 0.29) is 41.4 Å². The van der Waals surface area contributed by atoms with Gasteiger partial charge < -0.3 is 24.5 Å². The van der Waals surface area contributed by atoms with Gasteiger partial charge >= 0.3 is 5.97 Å². The van der Waals surface area contributed by atoms with E-state index < -0.39 is 30.2 Å². The minimum absolute atomic E-state index is 0.0668. The van der Waals surface area contributed by atoms with Crippen molar-refractivity contribution < 1.29 is 33.7 Å². The van der Waals surface area contributed by atoms with E-state index in [9.17, 15) is 19.4 Å². The van der Waals surface area contributed by atoms with Crippen molar-refractivity contribution in [2.75, 3.05) is 13.3 Å². The van der Waals surface area contributed by atoms with Gasteiger partial charge in [0, 0.05) is 18.9 Å². The summed E-state index contributed by atoms with van der Waals surface area (Å²) in [6.07, 6.45) is 6.75. The van der Waals surface area contributed by atoms with E-state index in [1.54, 1.807) is 25.2 Å². The first-order chi connectivity index (χ1) is 13.9. The molecule has 0 saturated carbocycles. The van der Waals surface area contributed by atoms with E-state index in [1.807, 2.05) is 6.08 Å². The molecule has 3 atom stereocenters. The maximum Gasteiger partial charge on any atom is 0.342 e. The van der Waals surface area contributed by atoms with Gasteiger partial charge in [0.2, 0.25) is 0 Å². The topological polar surface area (TPSA) is 101 Å². The summed E-state index contributed by atoms with van der Waals surface area (Å²) in [5.41, 5.74) is 0.240. The molecule has 1 fully saturated rings. The molecule has 3 rings (SSSR count). The van der Waals surface area contributed by atoms with Crippen LogP contribution in [0.4, 0.5) is 4.39 Å². The van der Waals surface area contributed by atoms with Crippen molar-refractivity contribution in [3.05, 3.63) is 46.5 Å². The molecular weight excluding hydrogens is 404 g/mol. The van der Waals surface area contributed by atoms with E-state index >= 15 is 0 Å². The third-order valence-corrected chi connectivity index (χ3v) is 4.85. The Kier molecular flexibility index (Phi) is 6.76. The third-order valence-electron chi connectivity index (χ3n) is 4.43. The zero-order chi connectivity index (χ0) is 21.0. The van der Waals surface area contributed by atoms with Gasteiger partial charge in [0.1, 0.15) is 42.6 Å². The second kappa shape index (κ2) is 9.28. The lowest BCUT2D eigenvalue weighted by atomic mass is 9.99. The van der Waals surface area contributed by atoms with Crippen LogP contribution in [0.15, 0.2) is 35.5 Å². The van der Waals surface area contributed by atoms with Crippen LogP contribution in [-0.2, 0) is 20.7 Å². The van der Waals surface area contributed by atoms with E-state index in [2.05, 4.69) is 5.16 Å². The summed E-state index contributed by atoms with van der Waals surface area (Å²) in [4.78, 5) is 17.7. The number of alkyl halides is 1. The van der Waals surface area contributed by atoms with Gasteiger partial charge in [0.05, 0.1) is 16.8 Å². The van der Waals surface area contributed by atoms with Gasteiger partial charge in [-0.15, -0.1) is 0 Å². The molecule has 2 heterocycles. The molecule has 0 amide bonds. The monoisotopic (exact) mass is 424 g/mol. The average Bonchev–Trinajstić information content (AvgIpc) is 3.39. The maximum atomic E-state index is 12.7. The number of carbonyl (C=O) groups is 1. The number of hydrogen-bond acceptors (Lipinski definition) is 7. The number of phenols is 2. The number of halogens is 2. The Labute approximate surface area is 172 Å². The third kappa shape index (κ3) is 5.27. The maximum absolute atomic E-state index is 12.7. The molecule has 29 heavy (non-hydrogen) atoms. The van der Waals surface area contributed by atoms with Crippen LogP contribution < -0.4 is 0 Å². The number of esters is 1. The Hall–Kier alpha value is -2.58. The Morgan fingerprint density at radius 1 is 1.34 bits per heavy atom. The predicted molar refractivity (Wildman–Crippen MR) is 104 cm³/mol. The van der Waals surface area contributed by atoms with Gasteiger partial charge in [-0.05, 0) is 18.6 Å². The predicted octanol–water partition coefficient (Wildman–Crippen LogP) is 3.46. The number of fused-ring (bicyclic) bond motifs is 2. The van der Waals surface area contributed by atoms with E-state index in [0.717, 1.165) is 6.07 Å². The van der Waals surface area contributed by atoms with Crippen molar-refractivity contribution in [2.24, 2.45) is 5.16 Å². The van der Waals surface area contributed by atoms with Crippen LogP contribution in [0.2, 0.25) is 5.02 Å². The number of allylic oxidation sites excluding steroid dienone is 3. The van der Waals surface area contributed by atoms with Gasteiger partial charge in [0.15, 0.2) is 0 Å². The number of cyclic esters (lactones) is 1. The lowest BCUT2D eigenvalue weighted by Gasteiger charge is -2.17. The van der Waals surface area contributed by atoms with E-state index in [4.69, 9.17) is 25.9 Å². The SMILES string of the molecule is C[C@@H]1C[C@@H]2O[C@@H]2\C=C/C=C/C(=N\OCC[18F])Cc2c(Cl)c(O)cc(O)c2C(=O)O1. The number of rotatable bonds is 3. The molecule has 156 valence electrons. The van der Waals surface area contributed by atoms with Crippen LogP contribution in [0.1, 0.15) is 29.3 Å². The molecule has 2 N–H and O–H groups in total. The molecule has 9 heteroatoms. The summed E-state index contributed by atoms with van der Waals surface area (Å²) < 4.78 is 23.3. The van der Waals surface area contributed by atoms with Gasteiger partial charge in [-0.2, -0.15) is 0 Å². The van der Waals surface area contributed by atoms with Crippen LogP contribution in [0, 0.1) is 0 Å². The number of aromatic hydroxyl groups is 2. The first-order valence-corrected chi connectivity index (χ1v) is 9.48. The number of benzene rings is 1. The molecule has 2 aliphatic rings. The molecule has 0 aliphatic carbocycles. The van der Waals surface area contributed by atoms with Crippen molar-refractivity contribution in [1.82, 2.24) is 0 Å². The Bertz CT molecular complexity index is 869. The summed E-state index contributed by atoms with van der Waals surface area (Å²) in [7, 11) is 0. The molecule has 1 saturated heterocycles. The van der Waals surface area contributed by atoms with Crippen molar-refractivity contribution in [3.8, 4) is 11.5 Å². The Morgan fingerprint density at radius 3 is 2.90 bits per heavy atom.